The molecule has 0 aromatic heterocycles. The Morgan fingerprint density at radius 2 is 1.38 bits per heavy atom. The van der Waals surface area contributed by atoms with Crippen LogP contribution in [0.3, 0.4) is 0 Å². The van der Waals surface area contributed by atoms with Gasteiger partial charge in [0, 0.05) is 0 Å². The molecular formula is C21H17NOSe. The van der Waals surface area contributed by atoms with E-state index in [2.05, 4.69) is 47.8 Å². The summed E-state index contributed by atoms with van der Waals surface area (Å²) in [5.74, 6) is 0.0274. The van der Waals surface area contributed by atoms with Crippen molar-refractivity contribution in [3.05, 3.63) is 102 Å². The zero-order valence-corrected chi connectivity index (χ0v) is 14.8. The second kappa shape index (κ2) is 6.64. The van der Waals surface area contributed by atoms with Crippen LogP contribution in [0.15, 0.2) is 84.9 Å². The van der Waals surface area contributed by atoms with Crippen LogP contribution in [0.1, 0.15) is 32.3 Å². The maximum absolute atomic E-state index is 12.6. The van der Waals surface area contributed by atoms with E-state index in [0.717, 1.165) is 5.56 Å². The van der Waals surface area contributed by atoms with Crippen molar-refractivity contribution in [3.8, 4) is 0 Å². The summed E-state index contributed by atoms with van der Waals surface area (Å²) in [7, 11) is 0. The quantitative estimate of drug-likeness (QED) is 0.697. The Balaban J connectivity index is 1.79. The van der Waals surface area contributed by atoms with Gasteiger partial charge in [-0.05, 0) is 0 Å². The first-order valence-electron chi connectivity index (χ1n) is 7.99. The number of hydrogen-bond acceptors (Lipinski definition) is 1. The second-order valence-electron chi connectivity index (χ2n) is 5.80. The van der Waals surface area contributed by atoms with Gasteiger partial charge in [0.05, 0.1) is 0 Å². The van der Waals surface area contributed by atoms with Crippen molar-refractivity contribution in [3.63, 3.8) is 0 Å². The van der Waals surface area contributed by atoms with Crippen LogP contribution in [-0.2, 0) is 0 Å². The van der Waals surface area contributed by atoms with Crippen LogP contribution in [0.2, 0.25) is 0 Å². The third-order valence-electron chi connectivity index (χ3n) is 4.27. The van der Waals surface area contributed by atoms with Crippen molar-refractivity contribution in [1.82, 2.24) is 5.32 Å². The van der Waals surface area contributed by atoms with E-state index in [0.29, 0.717) is 0 Å². The predicted molar refractivity (Wildman–Crippen MR) is 97.7 cm³/mol. The van der Waals surface area contributed by atoms with Crippen molar-refractivity contribution >= 4 is 25.3 Å². The molecule has 1 aliphatic heterocycles. The van der Waals surface area contributed by atoms with Crippen molar-refractivity contribution in [1.29, 1.82) is 0 Å². The minimum absolute atomic E-state index is 0.0220. The van der Waals surface area contributed by atoms with Gasteiger partial charge in [0.1, 0.15) is 0 Å². The Kier molecular flexibility index (Phi) is 4.20. The molecule has 118 valence electrons. The number of carbonyl (C=O) groups is 1. The summed E-state index contributed by atoms with van der Waals surface area (Å²) in [5.41, 5.74) is 3.15. The van der Waals surface area contributed by atoms with Crippen LogP contribution in [0.4, 0.5) is 0 Å². The van der Waals surface area contributed by atoms with E-state index in [-0.39, 0.29) is 31.7 Å². The fourth-order valence-corrected chi connectivity index (χ4v) is 5.85. The van der Waals surface area contributed by atoms with Gasteiger partial charge in [0.2, 0.25) is 0 Å². The van der Waals surface area contributed by atoms with Gasteiger partial charge in [-0.15, -0.1) is 0 Å². The molecule has 1 heterocycles. The zero-order chi connectivity index (χ0) is 16.4. The molecule has 0 radical (unpaired) electrons. The number of fused-ring (bicyclic) bond motifs is 1. The van der Waals surface area contributed by atoms with Crippen LogP contribution >= 0.6 is 0 Å². The fraction of sp³-hybridized carbons (Fsp3) is 0.0952. The van der Waals surface area contributed by atoms with Gasteiger partial charge in [0.25, 0.3) is 0 Å². The van der Waals surface area contributed by atoms with Gasteiger partial charge in [-0.2, -0.15) is 0 Å². The predicted octanol–water partition coefficient (Wildman–Crippen LogP) is 3.24. The minimum atomic E-state index is 0.0220. The summed E-state index contributed by atoms with van der Waals surface area (Å²) in [6.07, 6.45) is 0. The number of hydrogen-bond donors (Lipinski definition) is 1. The summed E-state index contributed by atoms with van der Waals surface area (Å²) < 4.78 is 1.35. The normalized spacial score (nSPS) is 19.4. The van der Waals surface area contributed by atoms with E-state index in [1.54, 1.807) is 0 Å². The van der Waals surface area contributed by atoms with Gasteiger partial charge in [-0.25, -0.2) is 0 Å². The molecule has 2 unspecified atom stereocenters. The van der Waals surface area contributed by atoms with Crippen LogP contribution in [-0.4, -0.2) is 20.9 Å². The molecule has 3 aromatic rings. The van der Waals surface area contributed by atoms with E-state index >= 15 is 0 Å². The molecule has 4 rings (SSSR count). The van der Waals surface area contributed by atoms with Crippen LogP contribution in [0.25, 0.3) is 0 Å². The molecule has 3 heteroatoms. The van der Waals surface area contributed by atoms with Gasteiger partial charge >= 0.3 is 148 Å². The first-order chi connectivity index (χ1) is 11.8. The summed E-state index contributed by atoms with van der Waals surface area (Å²) in [4.78, 5) is 12.9. The summed E-state index contributed by atoms with van der Waals surface area (Å²) >= 11 is 0.228. The molecule has 24 heavy (non-hydrogen) atoms. The van der Waals surface area contributed by atoms with E-state index in [1.165, 1.54) is 15.6 Å². The monoisotopic (exact) mass is 379 g/mol. The molecule has 2 nitrogen and oxygen atoms in total. The third-order valence-corrected chi connectivity index (χ3v) is 7.04. The Hall–Kier alpha value is -2.35. The molecule has 1 N–H and O–H groups in total. The third kappa shape index (κ3) is 2.89. The number of amides is 1. The molecule has 0 saturated carbocycles. The van der Waals surface area contributed by atoms with Gasteiger partial charge in [-0.1, -0.05) is 0 Å². The van der Waals surface area contributed by atoms with Crippen LogP contribution < -0.4 is 9.78 Å². The van der Waals surface area contributed by atoms with Gasteiger partial charge in [0.15, 0.2) is 0 Å². The first-order valence-corrected chi connectivity index (χ1v) is 9.84. The van der Waals surface area contributed by atoms with Crippen molar-refractivity contribution in [2.75, 3.05) is 0 Å². The number of rotatable bonds is 3. The first kappa shape index (κ1) is 15.2. The Morgan fingerprint density at radius 3 is 2.12 bits per heavy atom. The van der Waals surface area contributed by atoms with Gasteiger partial charge < -0.3 is 0 Å². The van der Waals surface area contributed by atoms with E-state index in [1.807, 2.05) is 42.5 Å². The van der Waals surface area contributed by atoms with Gasteiger partial charge in [-0.3, -0.25) is 0 Å². The Bertz CT molecular complexity index is 848. The fourth-order valence-electron chi connectivity index (χ4n) is 3.12. The molecule has 0 bridgehead atoms. The molecule has 0 aliphatic carbocycles. The molecule has 1 aliphatic rings. The Morgan fingerprint density at radius 1 is 0.750 bits per heavy atom. The van der Waals surface area contributed by atoms with E-state index < -0.39 is 0 Å². The average Bonchev–Trinajstić information content (AvgIpc) is 2.65. The molecule has 0 saturated heterocycles. The number of carbonyl (C=O) groups excluding carboxylic acids is 1. The molecule has 1 amide bonds. The number of benzene rings is 3. The maximum atomic E-state index is 12.6. The van der Waals surface area contributed by atoms with Crippen molar-refractivity contribution in [2.45, 2.75) is 10.9 Å². The molecule has 3 aromatic carbocycles. The molecular weight excluding hydrogens is 361 g/mol. The Labute approximate surface area is 148 Å². The molecule has 0 spiro atoms. The van der Waals surface area contributed by atoms with Crippen LogP contribution in [0, 0.1) is 0 Å². The summed E-state index contributed by atoms with van der Waals surface area (Å²) in [6, 6.07) is 28.9. The van der Waals surface area contributed by atoms with Crippen molar-refractivity contribution in [2.24, 2.45) is 0 Å². The van der Waals surface area contributed by atoms with E-state index in [9.17, 15) is 4.79 Å². The summed E-state index contributed by atoms with van der Waals surface area (Å²) in [6.45, 7) is 0. The molecule has 2 atom stereocenters. The standard InChI is InChI=1S/C21H17NOSe/c23-21-18-14-8-7-13-17(18)20(24-16-11-5-2-6-12-16)19(22-21)15-9-3-1-4-10-15/h1-14,19-20H,(H,22,23). The number of nitrogens with one attached hydrogen (secondary N) is 1. The zero-order valence-electron chi connectivity index (χ0n) is 13.1. The van der Waals surface area contributed by atoms with Crippen LogP contribution in [0.5, 0.6) is 0 Å². The second-order valence-corrected chi connectivity index (χ2v) is 8.35. The summed E-state index contributed by atoms with van der Waals surface area (Å²) in [5, 5.41) is 3.24. The van der Waals surface area contributed by atoms with E-state index in [4.69, 9.17) is 0 Å². The average molecular weight is 378 g/mol. The topological polar surface area (TPSA) is 29.1 Å². The SMILES string of the molecule is O=C1NC(c2ccccc2)C([Se]c2ccccc2)c2ccccc21. The molecule has 0 fully saturated rings. The van der Waals surface area contributed by atoms with Crippen molar-refractivity contribution < 1.29 is 4.79 Å².